The van der Waals surface area contributed by atoms with E-state index in [1.807, 2.05) is 0 Å². The van der Waals surface area contributed by atoms with Gasteiger partial charge < -0.3 is 39.9 Å². The molecule has 394 valence electrons. The van der Waals surface area contributed by atoms with Crippen LogP contribution in [0.4, 0.5) is 5.82 Å². The molecule has 2 heterocycles. The summed E-state index contributed by atoms with van der Waals surface area (Å²) in [5, 5.41) is 20.9. The molecule has 0 aromatic carbocycles. The Labute approximate surface area is 405 Å². The molecular formula is C48H87N3O15P2. The first-order valence-electron chi connectivity index (χ1n) is 25.7. The molecule has 1 aromatic heterocycles. The van der Waals surface area contributed by atoms with Gasteiger partial charge in [0, 0.05) is 19.0 Å². The maximum atomic E-state index is 12.9. The van der Waals surface area contributed by atoms with Crippen molar-refractivity contribution in [3.05, 3.63) is 34.9 Å². The van der Waals surface area contributed by atoms with Crippen molar-refractivity contribution in [3.8, 4) is 0 Å². The van der Waals surface area contributed by atoms with Gasteiger partial charge in [0.1, 0.15) is 30.7 Å². The van der Waals surface area contributed by atoms with E-state index in [1.165, 1.54) is 115 Å². The number of esters is 2. The van der Waals surface area contributed by atoms with Crippen molar-refractivity contribution in [1.29, 1.82) is 0 Å². The Bertz CT molecular complexity index is 1680. The Morgan fingerprint density at radius 2 is 1.15 bits per heavy atom. The summed E-state index contributed by atoms with van der Waals surface area (Å²) in [6.07, 6.45) is 30.0. The van der Waals surface area contributed by atoms with E-state index >= 15 is 0 Å². The normalized spacial score (nSPS) is 19.5. The smallest absolute Gasteiger partial charge is 0.462 e. The molecule has 0 radical (unpaired) electrons. The molecule has 0 spiro atoms. The fraction of sp³-hybridized carbons (Fsp3) is 0.833. The summed E-state index contributed by atoms with van der Waals surface area (Å²) in [5.41, 5.74) is 4.59. The molecule has 6 N–H and O–H groups in total. The van der Waals surface area contributed by atoms with Crippen LogP contribution in [0.25, 0.3) is 0 Å². The van der Waals surface area contributed by atoms with Crippen LogP contribution in [0.2, 0.25) is 0 Å². The number of nitrogen functional groups attached to an aromatic ring is 1. The average molecular weight is 1010 g/mol. The minimum Gasteiger partial charge on any atom is -0.462 e. The maximum absolute atomic E-state index is 12.9. The summed E-state index contributed by atoms with van der Waals surface area (Å²) in [6.45, 7) is 2.17. The number of allylic oxidation sites excluding steroid dienone is 2. The Balaban J connectivity index is 1.80. The van der Waals surface area contributed by atoms with E-state index in [0.717, 1.165) is 68.8 Å². The molecule has 0 bridgehead atoms. The first-order chi connectivity index (χ1) is 32.7. The van der Waals surface area contributed by atoms with Crippen LogP contribution < -0.4 is 11.4 Å². The third kappa shape index (κ3) is 29.6. The number of nitrogens with two attached hydrogens (primary N) is 1. The van der Waals surface area contributed by atoms with E-state index in [2.05, 4.69) is 35.3 Å². The fourth-order valence-electron chi connectivity index (χ4n) is 7.84. The van der Waals surface area contributed by atoms with Gasteiger partial charge in [0.05, 0.1) is 13.2 Å². The molecule has 7 atom stereocenters. The number of rotatable bonds is 43. The predicted octanol–water partition coefficient (Wildman–Crippen LogP) is 10.4. The van der Waals surface area contributed by atoms with E-state index in [9.17, 15) is 43.5 Å². The monoisotopic (exact) mass is 1010 g/mol. The Morgan fingerprint density at radius 3 is 1.65 bits per heavy atom. The third-order valence-corrected chi connectivity index (χ3v) is 14.5. The molecule has 1 aliphatic heterocycles. The van der Waals surface area contributed by atoms with E-state index in [4.69, 9.17) is 29.0 Å². The van der Waals surface area contributed by atoms with E-state index in [0.29, 0.717) is 12.8 Å². The molecule has 1 fully saturated rings. The van der Waals surface area contributed by atoms with Crippen LogP contribution in [0, 0.1) is 0 Å². The van der Waals surface area contributed by atoms with Gasteiger partial charge in [-0.15, -0.1) is 0 Å². The Kier molecular flexibility index (Phi) is 33.8. The van der Waals surface area contributed by atoms with Crippen LogP contribution in [-0.2, 0) is 46.3 Å². The number of carbonyl (C=O) groups is 2. The largest absolute Gasteiger partial charge is 0.481 e. The van der Waals surface area contributed by atoms with Crippen LogP contribution in [0.5, 0.6) is 0 Å². The number of phosphoric acid groups is 2. The SMILES string of the molecule is CCCCCCCCC=CCCCCCCCC(=O)OCC(COP(=O)(O)OP(=O)(O)OCC1OC(n2ccc(N)nc2=O)C(O)C1O)OC(=O)CCCCCCCCCCCCCCCCC. The molecule has 1 saturated heterocycles. The van der Waals surface area contributed by atoms with Gasteiger partial charge in [-0.1, -0.05) is 167 Å². The second kappa shape index (κ2) is 37.3. The summed E-state index contributed by atoms with van der Waals surface area (Å²) in [6, 6.07) is 1.25. The molecule has 1 aromatic rings. The molecular weight excluding hydrogens is 920 g/mol. The van der Waals surface area contributed by atoms with Gasteiger partial charge in [-0.05, 0) is 44.6 Å². The zero-order valence-corrected chi connectivity index (χ0v) is 43.0. The van der Waals surface area contributed by atoms with Gasteiger partial charge in [0.15, 0.2) is 12.3 Å². The van der Waals surface area contributed by atoms with Gasteiger partial charge in [-0.2, -0.15) is 9.29 Å². The molecule has 0 saturated carbocycles. The number of aliphatic hydroxyl groups excluding tert-OH is 2. The molecule has 20 heteroatoms. The zero-order valence-electron chi connectivity index (χ0n) is 41.2. The van der Waals surface area contributed by atoms with Crippen LogP contribution in [0.3, 0.4) is 0 Å². The minimum absolute atomic E-state index is 0.0543. The minimum atomic E-state index is -5.42. The lowest BCUT2D eigenvalue weighted by Gasteiger charge is -2.21. The second-order valence-corrected chi connectivity index (χ2v) is 21.1. The number of hydrogen-bond acceptors (Lipinski definition) is 15. The lowest BCUT2D eigenvalue weighted by molar-refractivity contribution is -0.161. The first kappa shape index (κ1) is 61.6. The summed E-state index contributed by atoms with van der Waals surface area (Å²) in [5.74, 6) is -1.29. The molecule has 0 amide bonds. The van der Waals surface area contributed by atoms with Crippen LogP contribution in [-0.4, -0.2) is 85.7 Å². The van der Waals surface area contributed by atoms with Gasteiger partial charge in [-0.3, -0.25) is 23.2 Å². The topological polar surface area (TPSA) is 265 Å². The fourth-order valence-corrected chi connectivity index (χ4v) is 9.95. The van der Waals surface area contributed by atoms with Crippen molar-refractivity contribution in [1.82, 2.24) is 9.55 Å². The molecule has 7 unspecified atom stereocenters. The number of carbonyl (C=O) groups excluding carboxylic acids is 2. The van der Waals surface area contributed by atoms with Crippen molar-refractivity contribution in [2.45, 2.75) is 237 Å². The number of ether oxygens (including phenoxy) is 3. The Hall–Kier alpha value is -2.50. The van der Waals surface area contributed by atoms with E-state index < -0.39 is 83.7 Å². The predicted molar refractivity (Wildman–Crippen MR) is 261 cm³/mol. The summed E-state index contributed by atoms with van der Waals surface area (Å²) in [7, 11) is -10.8. The Morgan fingerprint density at radius 1 is 0.691 bits per heavy atom. The standard InChI is InChI=1S/C48H87N3O15P2/c1-3-5-7-9-11-13-15-17-19-21-23-25-27-29-31-33-43(52)61-37-40(64-44(53)34-32-30-28-26-24-22-20-18-16-14-12-10-8-6-4-2)38-62-67(57,58)66-68(59,60)63-39-41-45(54)46(55)47(65-41)51-36-35-42(49)50-48(51)56/h17,19,35-36,40-41,45-47,54-55H,3-16,18,20-34,37-39H2,1-2H3,(H,57,58)(H,59,60)(H2,49,50,56). The zero-order chi connectivity index (χ0) is 49.9. The van der Waals surface area contributed by atoms with Crippen molar-refractivity contribution >= 4 is 33.4 Å². The van der Waals surface area contributed by atoms with Crippen molar-refractivity contribution in [2.75, 3.05) is 25.6 Å². The van der Waals surface area contributed by atoms with Crippen molar-refractivity contribution in [3.63, 3.8) is 0 Å². The number of anilines is 1. The number of aromatic nitrogens is 2. The quantitative estimate of drug-likeness (QED) is 0.0176. The van der Waals surface area contributed by atoms with Gasteiger partial charge in [0.2, 0.25) is 0 Å². The maximum Gasteiger partial charge on any atom is 0.481 e. The van der Waals surface area contributed by atoms with Gasteiger partial charge in [-0.25, -0.2) is 13.9 Å². The third-order valence-electron chi connectivity index (χ3n) is 11.9. The molecule has 1 aliphatic rings. The number of aliphatic hydroxyl groups is 2. The van der Waals surface area contributed by atoms with Crippen LogP contribution >= 0.6 is 15.6 Å². The van der Waals surface area contributed by atoms with E-state index in [-0.39, 0.29) is 18.7 Å². The number of phosphoric ester groups is 2. The number of hydrogen-bond donors (Lipinski definition) is 5. The lowest BCUT2D eigenvalue weighted by atomic mass is 10.0. The van der Waals surface area contributed by atoms with E-state index in [1.54, 1.807) is 0 Å². The average Bonchev–Trinajstić information content (AvgIpc) is 3.57. The highest BCUT2D eigenvalue weighted by atomic mass is 31.3. The van der Waals surface area contributed by atoms with Gasteiger partial charge in [0.25, 0.3) is 0 Å². The van der Waals surface area contributed by atoms with Crippen LogP contribution in [0.1, 0.15) is 213 Å². The summed E-state index contributed by atoms with van der Waals surface area (Å²) >= 11 is 0. The summed E-state index contributed by atoms with van der Waals surface area (Å²) in [4.78, 5) is 61.9. The molecule has 18 nitrogen and oxygen atoms in total. The first-order valence-corrected chi connectivity index (χ1v) is 28.7. The highest BCUT2D eigenvalue weighted by Gasteiger charge is 2.46. The molecule has 2 rings (SSSR count). The highest BCUT2D eigenvalue weighted by molar-refractivity contribution is 7.61. The van der Waals surface area contributed by atoms with Crippen molar-refractivity contribution in [2.24, 2.45) is 0 Å². The lowest BCUT2D eigenvalue weighted by Crippen LogP contribution is -2.36. The second-order valence-electron chi connectivity index (χ2n) is 18.0. The van der Waals surface area contributed by atoms with Crippen LogP contribution in [0.15, 0.2) is 29.2 Å². The summed E-state index contributed by atoms with van der Waals surface area (Å²) < 4.78 is 56.8. The molecule has 0 aliphatic carbocycles. The number of nitrogens with zero attached hydrogens (tertiary/aromatic N) is 2. The highest BCUT2D eigenvalue weighted by Crippen LogP contribution is 2.60. The molecule has 68 heavy (non-hydrogen) atoms. The number of unbranched alkanes of at least 4 members (excludes halogenated alkanes) is 25. The van der Waals surface area contributed by atoms with Crippen molar-refractivity contribution < 1.29 is 66.3 Å². The van der Waals surface area contributed by atoms with Gasteiger partial charge >= 0.3 is 33.3 Å².